The Morgan fingerprint density at radius 1 is 1.47 bits per heavy atom. The maximum absolute atomic E-state index is 10.7. The molecule has 0 saturated heterocycles. The normalized spacial score (nSPS) is 10.2. The van der Waals surface area contributed by atoms with Crippen LogP contribution in [0.3, 0.4) is 0 Å². The largest absolute Gasteiger partial charge is 0.379 e. The molecule has 0 fully saturated rings. The van der Waals surface area contributed by atoms with Crippen LogP contribution in [0.1, 0.15) is 6.92 Å². The summed E-state index contributed by atoms with van der Waals surface area (Å²) in [6.07, 6.45) is 0. The Hall–Kier alpha value is -2.03. The van der Waals surface area contributed by atoms with Gasteiger partial charge >= 0.3 is 0 Å². The van der Waals surface area contributed by atoms with Crippen LogP contribution in [0.5, 0.6) is 0 Å². The van der Waals surface area contributed by atoms with Crippen molar-refractivity contribution in [3.05, 3.63) is 0 Å². The number of rotatable bonds is 2. The zero-order chi connectivity index (χ0) is 10.8. The number of nitrogens with two attached hydrogens (primary N) is 1. The van der Waals surface area contributed by atoms with Gasteiger partial charge in [0.25, 0.3) is 0 Å². The molecule has 0 aliphatic heterocycles. The molecule has 0 unspecified atom stereocenters. The summed E-state index contributed by atoms with van der Waals surface area (Å²) in [5.74, 6) is -0.0792. The molecule has 0 atom stereocenters. The molecule has 0 aromatic carbocycles. The molecule has 0 saturated carbocycles. The highest BCUT2D eigenvalue weighted by Crippen LogP contribution is 2.27. The van der Waals surface area contributed by atoms with Crippen molar-refractivity contribution in [3.8, 4) is 10.7 Å². The number of nitrogens with zero attached hydrogens (tertiary/aromatic N) is 4. The van der Waals surface area contributed by atoms with Gasteiger partial charge in [0.2, 0.25) is 11.0 Å². The second-order valence-corrected chi connectivity index (χ2v) is 3.57. The minimum atomic E-state index is -0.219. The predicted octanol–water partition coefficient (Wildman–Crippen LogP) is 0.129. The second kappa shape index (κ2) is 3.61. The third-order valence-electron chi connectivity index (χ3n) is 1.42. The topological polar surface area (TPSA) is 120 Å². The Labute approximate surface area is 87.5 Å². The highest BCUT2D eigenvalue weighted by molar-refractivity contribution is 7.18. The summed E-state index contributed by atoms with van der Waals surface area (Å²) in [4.78, 5) is 10.7. The van der Waals surface area contributed by atoms with Gasteiger partial charge in [-0.25, -0.2) is 4.63 Å². The Kier molecular flexibility index (Phi) is 2.29. The van der Waals surface area contributed by atoms with E-state index in [4.69, 9.17) is 5.73 Å². The number of hydrogen-bond acceptors (Lipinski definition) is 8. The van der Waals surface area contributed by atoms with Crippen molar-refractivity contribution in [1.29, 1.82) is 0 Å². The summed E-state index contributed by atoms with van der Waals surface area (Å²) in [5, 5.41) is 17.8. The second-order valence-electron chi connectivity index (χ2n) is 2.59. The molecule has 2 aromatic heterocycles. The van der Waals surface area contributed by atoms with E-state index in [0.29, 0.717) is 15.8 Å². The van der Waals surface area contributed by atoms with Gasteiger partial charge in [0.1, 0.15) is 0 Å². The Bertz CT molecular complexity index is 491. The van der Waals surface area contributed by atoms with Gasteiger partial charge in [-0.1, -0.05) is 11.3 Å². The molecule has 0 bridgehead atoms. The third kappa shape index (κ3) is 1.91. The van der Waals surface area contributed by atoms with Crippen molar-refractivity contribution in [2.24, 2.45) is 0 Å². The quantitative estimate of drug-likeness (QED) is 0.746. The number of carbonyl (C=O) groups excluding carboxylic acids is 1. The summed E-state index contributed by atoms with van der Waals surface area (Å²) in [6.45, 7) is 1.38. The lowest BCUT2D eigenvalue weighted by Crippen LogP contribution is -2.04. The molecule has 0 spiro atoms. The van der Waals surface area contributed by atoms with Crippen LogP contribution in [-0.2, 0) is 4.79 Å². The van der Waals surface area contributed by atoms with E-state index in [0.717, 1.165) is 11.3 Å². The molecule has 1 amide bonds. The summed E-state index contributed by atoms with van der Waals surface area (Å²) >= 11 is 1.14. The first-order valence-corrected chi connectivity index (χ1v) is 4.68. The molecule has 3 N–H and O–H groups in total. The average molecular weight is 226 g/mol. The van der Waals surface area contributed by atoms with Crippen molar-refractivity contribution in [2.75, 3.05) is 11.1 Å². The van der Waals surface area contributed by atoms with Crippen LogP contribution in [0.15, 0.2) is 4.63 Å². The van der Waals surface area contributed by atoms with Crippen LogP contribution in [0.2, 0.25) is 0 Å². The molecular formula is C6H6N6O2S. The van der Waals surface area contributed by atoms with E-state index in [1.807, 2.05) is 0 Å². The van der Waals surface area contributed by atoms with Gasteiger partial charge in [0.05, 0.1) is 0 Å². The molecule has 15 heavy (non-hydrogen) atoms. The molecule has 2 aromatic rings. The Balaban J connectivity index is 2.28. The zero-order valence-corrected chi connectivity index (χ0v) is 8.41. The number of nitrogens with one attached hydrogen (secondary N) is 1. The first-order valence-electron chi connectivity index (χ1n) is 3.86. The van der Waals surface area contributed by atoms with Crippen molar-refractivity contribution in [3.63, 3.8) is 0 Å². The average Bonchev–Trinajstić information content (AvgIpc) is 2.72. The molecule has 0 aliphatic carbocycles. The zero-order valence-electron chi connectivity index (χ0n) is 7.59. The first-order chi connectivity index (χ1) is 7.16. The smallest absolute Gasteiger partial charge is 0.223 e. The Morgan fingerprint density at radius 3 is 2.87 bits per heavy atom. The molecule has 2 heterocycles. The fourth-order valence-corrected chi connectivity index (χ4v) is 1.64. The maximum Gasteiger partial charge on any atom is 0.223 e. The predicted molar refractivity (Wildman–Crippen MR) is 51.9 cm³/mol. The summed E-state index contributed by atoms with van der Waals surface area (Å²) in [6, 6.07) is 0. The summed E-state index contributed by atoms with van der Waals surface area (Å²) in [7, 11) is 0. The molecule has 8 nitrogen and oxygen atoms in total. The molecular weight excluding hydrogens is 220 g/mol. The molecule has 0 radical (unpaired) electrons. The maximum atomic E-state index is 10.7. The van der Waals surface area contributed by atoms with E-state index in [2.05, 4.69) is 30.5 Å². The molecule has 0 aliphatic rings. The molecule has 78 valence electrons. The lowest BCUT2D eigenvalue weighted by atomic mass is 10.5. The Morgan fingerprint density at radius 2 is 2.27 bits per heavy atom. The van der Waals surface area contributed by atoms with Crippen molar-refractivity contribution >= 4 is 28.2 Å². The lowest BCUT2D eigenvalue weighted by molar-refractivity contribution is -0.114. The van der Waals surface area contributed by atoms with Gasteiger partial charge < -0.3 is 11.1 Å². The highest BCUT2D eigenvalue weighted by Gasteiger charge is 2.15. The lowest BCUT2D eigenvalue weighted by Gasteiger charge is -1.90. The van der Waals surface area contributed by atoms with Crippen LogP contribution < -0.4 is 11.1 Å². The van der Waals surface area contributed by atoms with Crippen LogP contribution in [0, 0.1) is 0 Å². The highest BCUT2D eigenvalue weighted by atomic mass is 32.1. The van der Waals surface area contributed by atoms with Gasteiger partial charge in [-0.2, -0.15) is 0 Å². The van der Waals surface area contributed by atoms with E-state index in [1.54, 1.807) is 0 Å². The summed E-state index contributed by atoms with van der Waals surface area (Å²) in [5.41, 5.74) is 5.79. The molecule has 9 heteroatoms. The van der Waals surface area contributed by atoms with E-state index < -0.39 is 0 Å². The van der Waals surface area contributed by atoms with Crippen LogP contribution in [0.25, 0.3) is 10.7 Å². The number of carbonyl (C=O) groups is 1. The van der Waals surface area contributed by atoms with Gasteiger partial charge in [-0.3, -0.25) is 4.79 Å². The van der Waals surface area contributed by atoms with E-state index in [-0.39, 0.29) is 11.7 Å². The fraction of sp³-hybridized carbons (Fsp3) is 0.167. The SMILES string of the molecule is CC(=O)Nc1nnc(-c2nonc2N)s1. The number of anilines is 2. The van der Waals surface area contributed by atoms with Crippen molar-refractivity contribution < 1.29 is 9.42 Å². The number of hydrogen-bond donors (Lipinski definition) is 2. The number of amides is 1. The van der Waals surface area contributed by atoms with Crippen LogP contribution in [0.4, 0.5) is 10.9 Å². The van der Waals surface area contributed by atoms with E-state index in [1.165, 1.54) is 6.92 Å². The van der Waals surface area contributed by atoms with E-state index >= 15 is 0 Å². The number of aromatic nitrogens is 4. The standard InChI is InChI=1S/C6H6N6O2S/c1-2(13)8-6-10-9-5(15-6)3-4(7)12-14-11-3/h1H3,(H2,7,12)(H,8,10,13). The van der Waals surface area contributed by atoms with Gasteiger partial charge in [0.15, 0.2) is 16.5 Å². The van der Waals surface area contributed by atoms with Gasteiger partial charge in [0, 0.05) is 6.92 Å². The summed E-state index contributed by atoms with van der Waals surface area (Å²) < 4.78 is 4.42. The first kappa shape index (κ1) is 9.52. The third-order valence-corrected chi connectivity index (χ3v) is 2.27. The van der Waals surface area contributed by atoms with Crippen LogP contribution in [-0.4, -0.2) is 26.4 Å². The monoisotopic (exact) mass is 226 g/mol. The van der Waals surface area contributed by atoms with Gasteiger partial charge in [-0.15, -0.1) is 10.2 Å². The minimum Gasteiger partial charge on any atom is -0.379 e. The van der Waals surface area contributed by atoms with Crippen LogP contribution >= 0.6 is 11.3 Å². The molecule has 2 rings (SSSR count). The van der Waals surface area contributed by atoms with Crippen molar-refractivity contribution in [1.82, 2.24) is 20.5 Å². The fourth-order valence-electron chi connectivity index (χ4n) is 0.864. The van der Waals surface area contributed by atoms with E-state index in [9.17, 15) is 4.79 Å². The minimum absolute atomic E-state index is 0.139. The number of nitrogen functional groups attached to an aromatic ring is 1. The van der Waals surface area contributed by atoms with Crippen molar-refractivity contribution in [2.45, 2.75) is 6.92 Å². The van der Waals surface area contributed by atoms with Gasteiger partial charge in [-0.05, 0) is 10.3 Å².